The summed E-state index contributed by atoms with van der Waals surface area (Å²) in [6, 6.07) is 15.4. The summed E-state index contributed by atoms with van der Waals surface area (Å²) in [5, 5.41) is 12.2. The standard InChI is InChI=1S/C17H16N2O2/c1-13-6-7-16-15(12-13)9-11-18(16)10-8-14-4-2-3-5-17(14)19(20)21/h2-7,9,11-12H,8,10H2,1H3. The van der Waals surface area contributed by atoms with Crippen LogP contribution >= 0.6 is 0 Å². The molecule has 2 aromatic carbocycles. The first-order chi connectivity index (χ1) is 10.1. The number of hydrogen-bond acceptors (Lipinski definition) is 2. The Kier molecular flexibility index (Phi) is 3.44. The Morgan fingerprint density at radius 2 is 1.95 bits per heavy atom. The molecule has 0 saturated heterocycles. The number of rotatable bonds is 4. The van der Waals surface area contributed by atoms with E-state index in [0.29, 0.717) is 6.42 Å². The predicted octanol–water partition coefficient (Wildman–Crippen LogP) is 4.10. The fourth-order valence-electron chi connectivity index (χ4n) is 2.66. The quantitative estimate of drug-likeness (QED) is 0.533. The molecule has 0 aliphatic rings. The largest absolute Gasteiger partial charge is 0.347 e. The van der Waals surface area contributed by atoms with Gasteiger partial charge in [0.15, 0.2) is 0 Å². The minimum atomic E-state index is -0.313. The van der Waals surface area contributed by atoms with Gasteiger partial charge in [-0.25, -0.2) is 0 Å². The van der Waals surface area contributed by atoms with Gasteiger partial charge < -0.3 is 4.57 Å². The van der Waals surface area contributed by atoms with E-state index in [2.05, 4.69) is 35.8 Å². The van der Waals surface area contributed by atoms with E-state index in [-0.39, 0.29) is 10.6 Å². The molecule has 1 heterocycles. The highest BCUT2D eigenvalue weighted by molar-refractivity contribution is 5.80. The summed E-state index contributed by atoms with van der Waals surface area (Å²) in [5.41, 5.74) is 3.37. The lowest BCUT2D eigenvalue weighted by Gasteiger charge is -2.06. The summed E-state index contributed by atoms with van der Waals surface area (Å²) in [4.78, 5) is 10.7. The zero-order valence-corrected chi connectivity index (χ0v) is 11.8. The summed E-state index contributed by atoms with van der Waals surface area (Å²) in [7, 11) is 0. The van der Waals surface area contributed by atoms with Crippen molar-refractivity contribution in [2.75, 3.05) is 0 Å². The fourth-order valence-corrected chi connectivity index (χ4v) is 2.66. The first kappa shape index (κ1) is 13.4. The van der Waals surface area contributed by atoms with Gasteiger partial charge in [0.25, 0.3) is 5.69 Å². The number of nitrogens with zero attached hydrogens (tertiary/aromatic N) is 2. The third-order valence-electron chi connectivity index (χ3n) is 3.74. The van der Waals surface area contributed by atoms with Gasteiger partial charge in [0.1, 0.15) is 0 Å². The summed E-state index contributed by atoms with van der Waals surface area (Å²) in [6.45, 7) is 2.81. The van der Waals surface area contributed by atoms with E-state index in [1.807, 2.05) is 18.3 Å². The Bertz CT molecular complexity index is 805. The molecule has 0 aliphatic heterocycles. The first-order valence-electron chi connectivity index (χ1n) is 6.93. The van der Waals surface area contributed by atoms with E-state index in [1.165, 1.54) is 16.5 Å². The van der Waals surface area contributed by atoms with Crippen molar-refractivity contribution < 1.29 is 4.92 Å². The lowest BCUT2D eigenvalue weighted by Crippen LogP contribution is -2.02. The van der Waals surface area contributed by atoms with Crippen LogP contribution in [0.2, 0.25) is 0 Å². The number of fused-ring (bicyclic) bond motifs is 1. The Hall–Kier alpha value is -2.62. The molecular formula is C17H16N2O2. The molecule has 3 rings (SSSR count). The Morgan fingerprint density at radius 3 is 2.76 bits per heavy atom. The van der Waals surface area contributed by atoms with Crippen LogP contribution in [-0.4, -0.2) is 9.49 Å². The number of para-hydroxylation sites is 1. The van der Waals surface area contributed by atoms with Gasteiger partial charge in [0.2, 0.25) is 0 Å². The Morgan fingerprint density at radius 1 is 1.14 bits per heavy atom. The summed E-state index contributed by atoms with van der Waals surface area (Å²) in [5.74, 6) is 0. The van der Waals surface area contributed by atoms with E-state index in [1.54, 1.807) is 12.1 Å². The molecule has 0 saturated carbocycles. The highest BCUT2D eigenvalue weighted by Gasteiger charge is 2.12. The number of aryl methyl sites for hydroxylation is 3. The molecule has 0 amide bonds. The van der Waals surface area contributed by atoms with E-state index >= 15 is 0 Å². The summed E-state index contributed by atoms with van der Waals surface area (Å²) in [6.07, 6.45) is 2.69. The van der Waals surface area contributed by atoms with Crippen LogP contribution in [-0.2, 0) is 13.0 Å². The normalized spacial score (nSPS) is 10.9. The third-order valence-corrected chi connectivity index (χ3v) is 3.74. The van der Waals surface area contributed by atoms with Gasteiger partial charge in [-0.2, -0.15) is 0 Å². The van der Waals surface area contributed by atoms with Crippen molar-refractivity contribution in [3.05, 3.63) is 76.0 Å². The smallest absolute Gasteiger partial charge is 0.272 e. The van der Waals surface area contributed by atoms with Crippen molar-refractivity contribution in [1.82, 2.24) is 4.57 Å². The van der Waals surface area contributed by atoms with Crippen LogP contribution in [0.4, 0.5) is 5.69 Å². The van der Waals surface area contributed by atoms with Gasteiger partial charge in [-0.3, -0.25) is 10.1 Å². The number of aromatic nitrogens is 1. The van der Waals surface area contributed by atoms with Gasteiger partial charge in [-0.15, -0.1) is 0 Å². The van der Waals surface area contributed by atoms with Crippen LogP contribution in [0.1, 0.15) is 11.1 Å². The first-order valence-corrected chi connectivity index (χ1v) is 6.93. The lowest BCUT2D eigenvalue weighted by atomic mass is 10.1. The summed E-state index contributed by atoms with van der Waals surface area (Å²) >= 11 is 0. The van der Waals surface area contributed by atoms with Crippen molar-refractivity contribution >= 4 is 16.6 Å². The molecule has 0 fully saturated rings. The van der Waals surface area contributed by atoms with Gasteiger partial charge in [0, 0.05) is 29.9 Å². The van der Waals surface area contributed by atoms with E-state index in [4.69, 9.17) is 0 Å². The van der Waals surface area contributed by atoms with Crippen LogP contribution in [0, 0.1) is 17.0 Å². The SMILES string of the molecule is Cc1ccc2c(ccn2CCc2ccccc2[N+](=O)[O-])c1. The van der Waals surface area contributed by atoms with Crippen LogP contribution < -0.4 is 0 Å². The highest BCUT2D eigenvalue weighted by atomic mass is 16.6. The topological polar surface area (TPSA) is 48.1 Å². The van der Waals surface area contributed by atoms with Crippen LogP contribution in [0.25, 0.3) is 10.9 Å². The number of nitro groups is 1. The predicted molar refractivity (Wildman–Crippen MR) is 83.5 cm³/mol. The molecule has 0 aliphatic carbocycles. The molecule has 4 heteroatoms. The molecule has 0 radical (unpaired) electrons. The Labute approximate surface area is 122 Å². The maximum Gasteiger partial charge on any atom is 0.272 e. The average Bonchev–Trinajstić information content (AvgIpc) is 2.87. The van der Waals surface area contributed by atoms with Crippen molar-refractivity contribution in [3.8, 4) is 0 Å². The van der Waals surface area contributed by atoms with Gasteiger partial charge >= 0.3 is 0 Å². The molecule has 0 bridgehead atoms. The maximum absolute atomic E-state index is 11.0. The molecular weight excluding hydrogens is 264 g/mol. The second-order valence-corrected chi connectivity index (χ2v) is 5.21. The van der Waals surface area contributed by atoms with Gasteiger partial charge in [-0.05, 0) is 36.9 Å². The molecule has 0 unspecified atom stereocenters. The van der Waals surface area contributed by atoms with Crippen molar-refractivity contribution in [3.63, 3.8) is 0 Å². The van der Waals surface area contributed by atoms with Crippen LogP contribution in [0.15, 0.2) is 54.7 Å². The van der Waals surface area contributed by atoms with Crippen molar-refractivity contribution in [2.45, 2.75) is 19.9 Å². The van der Waals surface area contributed by atoms with E-state index in [0.717, 1.165) is 12.1 Å². The molecule has 106 valence electrons. The van der Waals surface area contributed by atoms with Gasteiger partial charge in [0.05, 0.1) is 4.92 Å². The monoisotopic (exact) mass is 280 g/mol. The summed E-state index contributed by atoms with van der Waals surface area (Å²) < 4.78 is 2.14. The lowest BCUT2D eigenvalue weighted by molar-refractivity contribution is -0.385. The number of benzene rings is 2. The minimum absolute atomic E-state index is 0.199. The van der Waals surface area contributed by atoms with Crippen molar-refractivity contribution in [1.29, 1.82) is 0 Å². The molecule has 0 N–H and O–H groups in total. The minimum Gasteiger partial charge on any atom is -0.347 e. The van der Waals surface area contributed by atoms with Crippen LogP contribution in [0.5, 0.6) is 0 Å². The molecule has 0 spiro atoms. The average molecular weight is 280 g/mol. The van der Waals surface area contributed by atoms with E-state index < -0.39 is 0 Å². The van der Waals surface area contributed by atoms with E-state index in [9.17, 15) is 10.1 Å². The highest BCUT2D eigenvalue weighted by Crippen LogP contribution is 2.21. The third kappa shape index (κ3) is 2.65. The molecule has 0 atom stereocenters. The molecule has 3 aromatic rings. The second-order valence-electron chi connectivity index (χ2n) is 5.21. The molecule has 21 heavy (non-hydrogen) atoms. The number of nitro benzene ring substituents is 1. The second kappa shape index (κ2) is 5.40. The zero-order chi connectivity index (χ0) is 14.8. The van der Waals surface area contributed by atoms with Crippen molar-refractivity contribution in [2.24, 2.45) is 0 Å². The molecule has 4 nitrogen and oxygen atoms in total. The number of hydrogen-bond donors (Lipinski definition) is 0. The Balaban J connectivity index is 1.86. The molecule has 1 aromatic heterocycles. The fraction of sp³-hybridized carbons (Fsp3) is 0.176. The zero-order valence-electron chi connectivity index (χ0n) is 11.8. The van der Waals surface area contributed by atoms with Crippen LogP contribution in [0.3, 0.4) is 0 Å². The van der Waals surface area contributed by atoms with Gasteiger partial charge in [-0.1, -0.05) is 29.8 Å². The maximum atomic E-state index is 11.0.